The fourth-order valence-electron chi connectivity index (χ4n) is 12.4. The Morgan fingerprint density at radius 3 is 0.694 bits per heavy atom. The zero-order valence-corrected chi connectivity index (χ0v) is 76.1. The van der Waals surface area contributed by atoms with Gasteiger partial charge in [0.25, 0.3) is 0 Å². The molecule has 8 aromatic rings. The average molecular weight is 1750 g/mol. The molecule has 0 aliphatic carbocycles. The number of hydrogen-bond donors (Lipinski definition) is 4. The van der Waals surface area contributed by atoms with E-state index in [-0.39, 0.29) is 107 Å². The van der Waals surface area contributed by atoms with Crippen molar-refractivity contribution in [3.05, 3.63) is 188 Å². The van der Waals surface area contributed by atoms with Crippen LogP contribution in [-0.4, -0.2) is 111 Å². The predicted octanol–water partition coefficient (Wildman–Crippen LogP) is 20.6. The molecule has 0 aromatic heterocycles. The third kappa shape index (κ3) is 31.1. The Kier molecular flexibility index (Phi) is 39.1. The molecule has 0 radical (unpaired) electrons. The lowest BCUT2D eigenvalue weighted by Gasteiger charge is -2.25. The van der Waals surface area contributed by atoms with E-state index in [1.807, 2.05) is 102 Å². The minimum atomic E-state index is -3.57. The van der Waals surface area contributed by atoms with Gasteiger partial charge in [0.1, 0.15) is 94.1 Å². The number of nitrogens with zero attached hydrogens (tertiary/aromatic N) is 20. The van der Waals surface area contributed by atoms with Crippen molar-refractivity contribution < 1.29 is 33.7 Å². The van der Waals surface area contributed by atoms with Gasteiger partial charge >= 0.3 is 0 Å². The number of rotatable bonds is 35. The number of azo groups is 4. The highest BCUT2D eigenvalue weighted by atomic mass is 32.2. The summed E-state index contributed by atoms with van der Waals surface area (Å²) >= 11 is 0. The van der Waals surface area contributed by atoms with Gasteiger partial charge in [-0.05, 0) is 224 Å². The Bertz CT molecular complexity index is 5970. The van der Waals surface area contributed by atoms with E-state index in [1.54, 1.807) is 118 Å². The minimum Gasteiger partial charge on any atom is -0.372 e. The summed E-state index contributed by atoms with van der Waals surface area (Å²) in [5, 5.41) is 109. The Balaban J connectivity index is 0.000000294. The highest BCUT2D eigenvalue weighted by molar-refractivity contribution is 7.92. The molecule has 8 aromatic carbocycles. The summed E-state index contributed by atoms with van der Waals surface area (Å²) in [5.41, 5.74) is 11.3. The van der Waals surface area contributed by atoms with Crippen molar-refractivity contribution in [2.45, 2.75) is 134 Å². The average Bonchev–Trinajstić information content (AvgIpc) is 0.817. The van der Waals surface area contributed by atoms with Crippen molar-refractivity contribution in [3.63, 3.8) is 0 Å². The molecule has 0 saturated carbocycles. The van der Waals surface area contributed by atoms with Gasteiger partial charge in [-0.2, -0.15) is 42.1 Å². The summed E-state index contributed by atoms with van der Waals surface area (Å²) in [7, 11) is -14.2. The zero-order chi connectivity index (χ0) is 92.2. The molecule has 648 valence electrons. The van der Waals surface area contributed by atoms with Crippen molar-refractivity contribution in [3.8, 4) is 48.6 Å². The first-order valence-electron chi connectivity index (χ1n) is 39.8. The van der Waals surface area contributed by atoms with E-state index in [0.29, 0.717) is 11.4 Å². The Morgan fingerprint density at radius 1 is 0.298 bits per heavy atom. The van der Waals surface area contributed by atoms with Crippen LogP contribution in [-0.2, 0) is 40.1 Å². The second-order valence-electron chi connectivity index (χ2n) is 28.8. The number of nitrogens with one attached hydrogen (secondary N) is 4. The Hall–Kier alpha value is -13.7. The number of sulfonamides is 4. The van der Waals surface area contributed by atoms with Gasteiger partial charge < -0.3 is 19.6 Å². The van der Waals surface area contributed by atoms with Crippen molar-refractivity contribution >= 4 is 131 Å². The smallest absolute Gasteiger partial charge is 0.229 e. The standard InChI is InChI=1S/C24H30N6O2S.2C22H26N6O2S.C20H22N6O2S/c1-5-7-11-30(12-8-6-2)21-9-10-22(23(15-21)29-33(4,31)32)27-28-24-19(16-25)13-18(3)14-20(24)17-26;1-6-28(7-2)19-8-9-20(21(12-19)27-31(5,29)30)25-26-22-17(13-23)10-16(15(3)4)11-18(22)14-24;1-5-9-28(10-6-2)19-7-8-20(21(13-19)27-31(4,29)30)25-26-22-17(14-23)11-16(3)12-18(22)15-24;1-5-26(6-2)17-7-8-18(19(11-17)25-29(4,27)28)23-24-20-15(12-21)9-14(3)10-16(20)13-22/h9-10,13-15,29H,5-8,11-12H2,1-4H3;8-12,15,27H,6-7H2,1-5H3;7-8,11-13,27H,5-6,9-10H2,1-4H3;7-11,25H,5-6H2,1-4H3. The maximum atomic E-state index is 12.0. The Labute approximate surface area is 730 Å². The quantitative estimate of drug-likeness (QED) is 0.0268. The monoisotopic (exact) mass is 1750 g/mol. The van der Waals surface area contributed by atoms with Crippen LogP contribution in [0, 0.1) is 111 Å². The van der Waals surface area contributed by atoms with Gasteiger partial charge in [-0.3, -0.25) is 18.9 Å². The van der Waals surface area contributed by atoms with Crippen LogP contribution < -0.4 is 38.5 Å². The van der Waals surface area contributed by atoms with Crippen LogP contribution in [0.4, 0.5) is 91.0 Å². The number of nitriles is 8. The third-order valence-electron chi connectivity index (χ3n) is 18.2. The first kappa shape index (κ1) is 101. The topological polar surface area (TPSA) is 487 Å². The molecule has 0 bridgehead atoms. The first-order valence-corrected chi connectivity index (χ1v) is 47.3. The molecule has 0 fully saturated rings. The van der Waals surface area contributed by atoms with E-state index < -0.39 is 40.1 Å². The Morgan fingerprint density at radius 2 is 0.508 bits per heavy atom. The van der Waals surface area contributed by atoms with Gasteiger partial charge in [-0.1, -0.05) is 54.4 Å². The highest BCUT2D eigenvalue weighted by Crippen LogP contribution is 2.40. The number of unbranched alkanes of at least 4 members (excludes halogenated alkanes) is 2. The van der Waals surface area contributed by atoms with Gasteiger partial charge in [0.05, 0.1) is 92.3 Å². The van der Waals surface area contributed by atoms with E-state index in [2.05, 4.69) is 119 Å². The van der Waals surface area contributed by atoms with Crippen molar-refractivity contribution in [1.29, 1.82) is 42.1 Å². The lowest BCUT2D eigenvalue weighted by atomic mass is 9.97. The predicted molar refractivity (Wildman–Crippen MR) is 490 cm³/mol. The minimum absolute atomic E-state index is 0.142. The van der Waals surface area contributed by atoms with Crippen LogP contribution in [0.1, 0.15) is 180 Å². The highest BCUT2D eigenvalue weighted by Gasteiger charge is 2.21. The van der Waals surface area contributed by atoms with Crippen LogP contribution in [0.25, 0.3) is 0 Å². The second kappa shape index (κ2) is 48.1. The summed E-state index contributed by atoms with van der Waals surface area (Å²) in [5.74, 6) is 0.142. The normalized spacial score (nSPS) is 11.2. The first-order chi connectivity index (χ1) is 58.8. The molecule has 4 N–H and O–H groups in total. The van der Waals surface area contributed by atoms with Crippen LogP contribution in [0.5, 0.6) is 0 Å². The third-order valence-corrected chi connectivity index (χ3v) is 20.6. The fourth-order valence-corrected chi connectivity index (χ4v) is 14.6. The van der Waals surface area contributed by atoms with Crippen molar-refractivity contribution in [2.75, 3.05) is 116 Å². The van der Waals surface area contributed by atoms with Gasteiger partial charge in [0.2, 0.25) is 40.1 Å². The molecule has 0 aliphatic rings. The largest absolute Gasteiger partial charge is 0.372 e. The molecular weight excluding hydrogens is 1650 g/mol. The van der Waals surface area contributed by atoms with E-state index in [1.165, 1.54) is 0 Å². The molecule has 0 unspecified atom stereocenters. The fraction of sp³-hybridized carbons (Fsp3) is 0.364. The van der Waals surface area contributed by atoms with Crippen molar-refractivity contribution in [1.82, 2.24) is 0 Å². The molecule has 0 heterocycles. The van der Waals surface area contributed by atoms with Crippen molar-refractivity contribution in [2.24, 2.45) is 40.9 Å². The molecule has 32 nitrogen and oxygen atoms in total. The van der Waals surface area contributed by atoms with E-state index in [9.17, 15) is 75.8 Å². The molecule has 0 spiro atoms. The van der Waals surface area contributed by atoms with E-state index in [4.69, 9.17) is 0 Å². The van der Waals surface area contributed by atoms with E-state index in [0.717, 1.165) is 161 Å². The summed E-state index contributed by atoms with van der Waals surface area (Å²) in [6, 6.07) is 50.4. The number of aryl methyl sites for hydroxylation is 3. The molecule has 0 atom stereocenters. The lowest BCUT2D eigenvalue weighted by molar-refractivity contribution is 0.605. The van der Waals surface area contributed by atoms with Gasteiger partial charge in [0.15, 0.2) is 0 Å². The molecule has 0 amide bonds. The molecule has 0 saturated heterocycles. The molecule has 124 heavy (non-hydrogen) atoms. The maximum absolute atomic E-state index is 12.0. The van der Waals surface area contributed by atoms with Gasteiger partial charge in [-0.25, -0.2) is 33.7 Å². The van der Waals surface area contributed by atoms with Crippen LogP contribution in [0.2, 0.25) is 0 Å². The van der Waals surface area contributed by atoms with E-state index >= 15 is 0 Å². The van der Waals surface area contributed by atoms with Gasteiger partial charge in [-0.15, -0.1) is 40.9 Å². The molecular formula is C88H104N24O8S4. The summed E-state index contributed by atoms with van der Waals surface area (Å²) < 4.78 is 105. The molecule has 36 heteroatoms. The molecule has 8 rings (SSSR count). The number of benzene rings is 8. The SMILES string of the molecule is CCCCN(CCCC)c1ccc(N=Nc2c(C#N)cc(C)cc2C#N)c(NS(C)(=O)=O)c1.CCCN(CCC)c1ccc(N=Nc2c(C#N)cc(C)cc2C#N)c(NS(C)(=O)=O)c1.CCN(CC)c1ccc(N=Nc2c(C#N)cc(C(C)C)cc2C#N)c(NS(C)(=O)=O)c1.CCN(CC)c1ccc(N=Nc2c(C#N)cc(C)cc2C#N)c(NS(C)(=O)=O)c1. The summed E-state index contributed by atoms with van der Waals surface area (Å²) in [6.45, 7) is 32.2. The van der Waals surface area contributed by atoms with Crippen LogP contribution in [0.3, 0.4) is 0 Å². The zero-order valence-electron chi connectivity index (χ0n) is 72.9. The number of anilines is 8. The lowest BCUT2D eigenvalue weighted by Crippen LogP contribution is -2.25. The number of hydrogen-bond acceptors (Lipinski definition) is 28. The van der Waals surface area contributed by atoms with Crippen LogP contribution in [0.15, 0.2) is 162 Å². The van der Waals surface area contributed by atoms with Gasteiger partial charge in [0, 0.05) is 75.1 Å². The second-order valence-corrected chi connectivity index (χ2v) is 35.8. The maximum Gasteiger partial charge on any atom is 0.229 e. The summed E-state index contributed by atoms with van der Waals surface area (Å²) in [6.07, 6.45) is 10.3. The summed E-state index contributed by atoms with van der Waals surface area (Å²) in [4.78, 5) is 8.55. The van der Waals surface area contributed by atoms with Crippen LogP contribution >= 0.6 is 0 Å². The molecule has 0 aliphatic heterocycles.